The summed E-state index contributed by atoms with van der Waals surface area (Å²) >= 11 is 0. The van der Waals surface area contributed by atoms with Crippen molar-refractivity contribution in [3.8, 4) is 5.75 Å². The second kappa shape index (κ2) is 6.98. The van der Waals surface area contributed by atoms with Gasteiger partial charge in [0, 0.05) is 12.1 Å². The SMILES string of the molecule is CC1Oc2ccccc2N(CC(=O)NCC(C)(C)N)C1=O.Cl. The van der Waals surface area contributed by atoms with Crippen LogP contribution in [0.1, 0.15) is 20.8 Å². The van der Waals surface area contributed by atoms with E-state index in [0.717, 1.165) is 0 Å². The third kappa shape index (κ3) is 4.35. The maximum absolute atomic E-state index is 12.2. The van der Waals surface area contributed by atoms with Gasteiger partial charge in [-0.15, -0.1) is 12.4 Å². The molecule has 1 heterocycles. The number of nitrogens with one attached hydrogen (secondary N) is 1. The molecule has 1 atom stereocenters. The molecule has 0 aromatic heterocycles. The highest BCUT2D eigenvalue weighted by molar-refractivity contribution is 6.03. The van der Waals surface area contributed by atoms with E-state index in [-0.39, 0.29) is 30.8 Å². The lowest BCUT2D eigenvalue weighted by atomic mass is 10.1. The van der Waals surface area contributed by atoms with Gasteiger partial charge >= 0.3 is 0 Å². The zero-order valence-electron chi connectivity index (χ0n) is 13.0. The Balaban J connectivity index is 0.00000242. The summed E-state index contributed by atoms with van der Waals surface area (Å²) in [5.41, 5.74) is 5.95. The molecule has 122 valence electrons. The number of rotatable bonds is 4. The van der Waals surface area contributed by atoms with Crippen LogP contribution in [0.15, 0.2) is 24.3 Å². The van der Waals surface area contributed by atoms with Crippen LogP contribution in [0.5, 0.6) is 5.75 Å². The van der Waals surface area contributed by atoms with Crippen molar-refractivity contribution in [3.05, 3.63) is 24.3 Å². The monoisotopic (exact) mass is 327 g/mol. The Bertz CT molecular complexity index is 557. The maximum atomic E-state index is 12.2. The molecule has 0 bridgehead atoms. The normalized spacial score (nSPS) is 17.2. The second-order valence-electron chi connectivity index (χ2n) is 5.92. The topological polar surface area (TPSA) is 84.7 Å². The fraction of sp³-hybridized carbons (Fsp3) is 0.467. The third-order valence-electron chi connectivity index (χ3n) is 3.12. The lowest BCUT2D eigenvalue weighted by Gasteiger charge is -2.32. The summed E-state index contributed by atoms with van der Waals surface area (Å²) in [4.78, 5) is 25.7. The number of fused-ring (bicyclic) bond motifs is 1. The van der Waals surface area contributed by atoms with Crippen molar-refractivity contribution in [3.63, 3.8) is 0 Å². The first-order valence-corrected chi connectivity index (χ1v) is 6.90. The number of amides is 2. The van der Waals surface area contributed by atoms with E-state index in [2.05, 4.69) is 5.32 Å². The van der Waals surface area contributed by atoms with E-state index >= 15 is 0 Å². The Morgan fingerprint density at radius 2 is 2.05 bits per heavy atom. The van der Waals surface area contributed by atoms with Gasteiger partial charge in [-0.1, -0.05) is 12.1 Å². The Labute approximate surface area is 136 Å². The lowest BCUT2D eigenvalue weighted by Crippen LogP contribution is -2.51. The van der Waals surface area contributed by atoms with E-state index in [0.29, 0.717) is 18.0 Å². The van der Waals surface area contributed by atoms with Crippen molar-refractivity contribution in [2.75, 3.05) is 18.0 Å². The van der Waals surface area contributed by atoms with Gasteiger partial charge in [-0.2, -0.15) is 0 Å². The van der Waals surface area contributed by atoms with Crippen LogP contribution in [0.25, 0.3) is 0 Å². The fourth-order valence-corrected chi connectivity index (χ4v) is 2.05. The first-order valence-electron chi connectivity index (χ1n) is 6.90. The van der Waals surface area contributed by atoms with Gasteiger partial charge in [0.25, 0.3) is 5.91 Å². The summed E-state index contributed by atoms with van der Waals surface area (Å²) in [7, 11) is 0. The zero-order valence-corrected chi connectivity index (χ0v) is 13.8. The molecule has 0 saturated carbocycles. The largest absolute Gasteiger partial charge is 0.479 e. The third-order valence-corrected chi connectivity index (χ3v) is 3.12. The fourth-order valence-electron chi connectivity index (χ4n) is 2.05. The minimum absolute atomic E-state index is 0. The number of para-hydroxylation sites is 2. The molecule has 1 aliphatic rings. The van der Waals surface area contributed by atoms with Gasteiger partial charge in [-0.3, -0.25) is 14.5 Å². The van der Waals surface area contributed by atoms with Gasteiger partial charge in [0.05, 0.1) is 5.69 Å². The van der Waals surface area contributed by atoms with Gasteiger partial charge in [0.15, 0.2) is 6.10 Å². The molecular weight excluding hydrogens is 306 g/mol. The molecule has 0 radical (unpaired) electrons. The molecule has 0 spiro atoms. The summed E-state index contributed by atoms with van der Waals surface area (Å²) < 4.78 is 5.53. The van der Waals surface area contributed by atoms with Gasteiger partial charge in [-0.25, -0.2) is 0 Å². The first-order chi connectivity index (χ1) is 9.78. The number of nitrogens with two attached hydrogens (primary N) is 1. The van der Waals surface area contributed by atoms with Crippen LogP contribution in [0.4, 0.5) is 5.69 Å². The molecule has 2 rings (SSSR count). The van der Waals surface area contributed by atoms with Crippen molar-refractivity contribution in [1.82, 2.24) is 5.32 Å². The van der Waals surface area contributed by atoms with Gasteiger partial charge in [-0.05, 0) is 32.9 Å². The van der Waals surface area contributed by atoms with E-state index < -0.39 is 11.6 Å². The number of carbonyl (C=O) groups is 2. The number of nitrogens with zero attached hydrogens (tertiary/aromatic N) is 1. The van der Waals surface area contributed by atoms with E-state index in [1.807, 2.05) is 19.9 Å². The van der Waals surface area contributed by atoms with E-state index in [4.69, 9.17) is 10.5 Å². The Hall–Kier alpha value is -1.79. The highest BCUT2D eigenvalue weighted by Gasteiger charge is 2.32. The summed E-state index contributed by atoms with van der Waals surface area (Å²) in [6.07, 6.45) is -0.598. The molecule has 1 aromatic rings. The number of ether oxygens (including phenoxy) is 1. The summed E-state index contributed by atoms with van der Waals surface area (Å²) in [6.45, 7) is 5.63. The Kier molecular flexibility index (Phi) is 5.79. The number of hydrogen-bond donors (Lipinski definition) is 2. The average Bonchev–Trinajstić information content (AvgIpc) is 2.41. The van der Waals surface area contributed by atoms with Gasteiger partial charge in [0.1, 0.15) is 12.3 Å². The van der Waals surface area contributed by atoms with E-state index in [1.54, 1.807) is 25.1 Å². The van der Waals surface area contributed by atoms with Crippen molar-refractivity contribution >= 4 is 29.9 Å². The van der Waals surface area contributed by atoms with Crippen molar-refractivity contribution in [2.24, 2.45) is 5.73 Å². The molecule has 22 heavy (non-hydrogen) atoms. The lowest BCUT2D eigenvalue weighted by molar-refractivity contribution is -0.128. The quantitative estimate of drug-likeness (QED) is 0.866. The highest BCUT2D eigenvalue weighted by Crippen LogP contribution is 2.33. The van der Waals surface area contributed by atoms with Crippen LogP contribution >= 0.6 is 12.4 Å². The Morgan fingerprint density at radius 3 is 2.68 bits per heavy atom. The second-order valence-corrected chi connectivity index (χ2v) is 5.92. The number of benzene rings is 1. The number of carbonyl (C=O) groups excluding carboxylic acids is 2. The number of halogens is 1. The van der Waals surface area contributed by atoms with Crippen molar-refractivity contribution in [1.29, 1.82) is 0 Å². The molecule has 7 heteroatoms. The van der Waals surface area contributed by atoms with Gasteiger partial charge < -0.3 is 15.8 Å². The molecule has 1 aromatic carbocycles. The van der Waals surface area contributed by atoms with E-state index in [9.17, 15) is 9.59 Å². The minimum atomic E-state index is -0.598. The van der Waals surface area contributed by atoms with Crippen molar-refractivity contribution in [2.45, 2.75) is 32.4 Å². The molecule has 1 aliphatic heterocycles. The molecule has 2 amide bonds. The standard InChI is InChI=1S/C15H21N3O3.ClH/c1-10-14(20)18(8-13(19)17-9-15(2,3)16)11-6-4-5-7-12(11)21-10;/h4-7,10H,8-9,16H2,1-3H3,(H,17,19);1H. The Morgan fingerprint density at radius 1 is 1.41 bits per heavy atom. The molecule has 0 aliphatic carbocycles. The minimum Gasteiger partial charge on any atom is -0.479 e. The molecule has 0 fully saturated rings. The maximum Gasteiger partial charge on any atom is 0.268 e. The zero-order chi connectivity index (χ0) is 15.6. The van der Waals surface area contributed by atoms with Crippen LogP contribution in [0.3, 0.4) is 0 Å². The highest BCUT2D eigenvalue weighted by atomic mass is 35.5. The number of hydrogen-bond acceptors (Lipinski definition) is 4. The smallest absolute Gasteiger partial charge is 0.268 e. The van der Waals surface area contributed by atoms with Gasteiger partial charge in [0.2, 0.25) is 5.91 Å². The molecule has 1 unspecified atom stereocenters. The van der Waals surface area contributed by atoms with E-state index in [1.165, 1.54) is 4.90 Å². The summed E-state index contributed by atoms with van der Waals surface area (Å²) in [5.74, 6) is 0.137. The van der Waals surface area contributed by atoms with Crippen LogP contribution in [-0.2, 0) is 9.59 Å². The number of anilines is 1. The molecule has 3 N–H and O–H groups in total. The molecular formula is C15H22ClN3O3. The summed E-state index contributed by atoms with van der Waals surface area (Å²) in [6, 6.07) is 7.18. The molecule has 0 saturated heterocycles. The van der Waals surface area contributed by atoms with Crippen LogP contribution < -0.4 is 20.7 Å². The summed E-state index contributed by atoms with van der Waals surface area (Å²) in [5, 5.41) is 2.74. The first kappa shape index (κ1) is 18.3. The van der Waals surface area contributed by atoms with Crippen molar-refractivity contribution < 1.29 is 14.3 Å². The predicted octanol–water partition coefficient (Wildman–Crippen LogP) is 1.08. The van der Waals surface area contributed by atoms with Crippen LogP contribution in [0.2, 0.25) is 0 Å². The molecule has 6 nitrogen and oxygen atoms in total. The predicted molar refractivity (Wildman–Crippen MR) is 87.4 cm³/mol. The average molecular weight is 328 g/mol. The van der Waals surface area contributed by atoms with Crippen LogP contribution in [-0.4, -0.2) is 36.5 Å². The van der Waals surface area contributed by atoms with Crippen LogP contribution in [0, 0.1) is 0 Å².